The molecule has 0 fully saturated rings. The van der Waals surface area contributed by atoms with Crippen molar-refractivity contribution >= 4 is 5.97 Å². The first-order valence-electron chi connectivity index (χ1n) is 4.95. The summed E-state index contributed by atoms with van der Waals surface area (Å²) in [5.74, 6) is -1.24. The molecule has 0 aromatic carbocycles. The molecular weight excluding hydrogens is 210 g/mol. The Balaban J connectivity index is 2.90. The van der Waals surface area contributed by atoms with Gasteiger partial charge in [-0.25, -0.2) is 0 Å². The highest BCUT2D eigenvalue weighted by molar-refractivity contribution is 5.74. The predicted octanol–water partition coefficient (Wildman–Crippen LogP) is 0.0834. The molecule has 1 aromatic heterocycles. The number of aromatic nitrogens is 2. The number of aliphatic carboxylic acids is 1. The van der Waals surface area contributed by atoms with E-state index < -0.39 is 18.1 Å². The lowest BCUT2D eigenvalue weighted by Crippen LogP contribution is -2.36. The molecule has 6 heteroatoms. The third-order valence-electron chi connectivity index (χ3n) is 2.26. The van der Waals surface area contributed by atoms with Gasteiger partial charge in [0, 0.05) is 11.8 Å². The summed E-state index contributed by atoms with van der Waals surface area (Å²) in [7, 11) is 0. The van der Waals surface area contributed by atoms with E-state index in [0.29, 0.717) is 5.56 Å². The Morgan fingerprint density at radius 1 is 1.56 bits per heavy atom. The Bertz CT molecular complexity index is 381. The van der Waals surface area contributed by atoms with E-state index in [0.717, 1.165) is 0 Å². The van der Waals surface area contributed by atoms with Crippen LogP contribution in [0, 0.1) is 0 Å². The van der Waals surface area contributed by atoms with Gasteiger partial charge in [-0.2, -0.15) is 5.10 Å². The van der Waals surface area contributed by atoms with Crippen molar-refractivity contribution in [3.05, 3.63) is 18.0 Å². The molecule has 1 rings (SSSR count). The summed E-state index contributed by atoms with van der Waals surface area (Å²) in [6.07, 6.45) is 1.79. The largest absolute Gasteiger partial charge is 0.480 e. The number of rotatable bonds is 3. The third-order valence-corrected chi connectivity index (χ3v) is 2.26. The van der Waals surface area contributed by atoms with E-state index in [-0.39, 0.29) is 5.54 Å². The molecule has 16 heavy (non-hydrogen) atoms. The van der Waals surface area contributed by atoms with Crippen LogP contribution in [0.25, 0.3) is 0 Å². The molecule has 0 aliphatic rings. The molecular formula is C10H17N3O3. The van der Waals surface area contributed by atoms with Crippen LogP contribution in [-0.4, -0.2) is 32.0 Å². The van der Waals surface area contributed by atoms with Crippen LogP contribution in [0.15, 0.2) is 12.4 Å². The maximum atomic E-state index is 10.6. The van der Waals surface area contributed by atoms with Gasteiger partial charge in [-0.3, -0.25) is 9.48 Å². The lowest BCUT2D eigenvalue weighted by molar-refractivity contribution is -0.141. The Morgan fingerprint density at radius 2 is 2.12 bits per heavy atom. The number of nitrogens with zero attached hydrogens (tertiary/aromatic N) is 2. The summed E-state index contributed by atoms with van der Waals surface area (Å²) in [6, 6.07) is -1.34. The molecule has 6 nitrogen and oxygen atoms in total. The second-order valence-electron chi connectivity index (χ2n) is 4.70. The third kappa shape index (κ3) is 2.59. The Labute approximate surface area is 93.7 Å². The van der Waals surface area contributed by atoms with Gasteiger partial charge in [-0.05, 0) is 20.8 Å². The number of carbonyl (C=O) groups is 1. The highest BCUT2D eigenvalue weighted by Gasteiger charge is 2.25. The van der Waals surface area contributed by atoms with E-state index >= 15 is 0 Å². The maximum Gasteiger partial charge on any atom is 0.323 e. The maximum absolute atomic E-state index is 10.6. The van der Waals surface area contributed by atoms with Crippen molar-refractivity contribution in [3.63, 3.8) is 0 Å². The zero-order chi connectivity index (χ0) is 12.5. The standard InChI is InChI=1S/C10H17N3O3/c1-10(2,3)13-5-6(4-12-13)8(14)7(11)9(15)16/h4-5,7-8,14H,11H2,1-3H3,(H,15,16). The van der Waals surface area contributed by atoms with Crippen LogP contribution >= 0.6 is 0 Å². The van der Waals surface area contributed by atoms with Gasteiger partial charge in [-0.15, -0.1) is 0 Å². The second-order valence-corrected chi connectivity index (χ2v) is 4.70. The molecule has 0 amide bonds. The van der Waals surface area contributed by atoms with Gasteiger partial charge < -0.3 is 15.9 Å². The second kappa shape index (κ2) is 4.23. The average molecular weight is 227 g/mol. The zero-order valence-electron chi connectivity index (χ0n) is 9.58. The van der Waals surface area contributed by atoms with Gasteiger partial charge in [0.15, 0.2) is 0 Å². The Kier molecular flexibility index (Phi) is 3.35. The van der Waals surface area contributed by atoms with Crippen LogP contribution in [0.3, 0.4) is 0 Å². The molecule has 0 spiro atoms. The van der Waals surface area contributed by atoms with Crippen LogP contribution < -0.4 is 5.73 Å². The molecule has 0 saturated carbocycles. The molecule has 90 valence electrons. The number of aliphatic hydroxyl groups is 1. The van der Waals surface area contributed by atoms with Crippen molar-refractivity contribution in [2.75, 3.05) is 0 Å². The summed E-state index contributed by atoms with van der Waals surface area (Å²) in [5.41, 5.74) is 5.51. The fourth-order valence-corrected chi connectivity index (χ4v) is 1.20. The van der Waals surface area contributed by atoms with E-state index in [2.05, 4.69) is 5.10 Å². The Morgan fingerprint density at radius 3 is 2.50 bits per heavy atom. The summed E-state index contributed by atoms with van der Waals surface area (Å²) >= 11 is 0. The number of carboxylic acids is 1. The van der Waals surface area contributed by atoms with Gasteiger partial charge in [0.25, 0.3) is 0 Å². The van der Waals surface area contributed by atoms with Crippen molar-refractivity contribution in [2.45, 2.75) is 38.5 Å². The number of nitrogens with two attached hydrogens (primary N) is 1. The Hall–Kier alpha value is -1.40. The first kappa shape index (κ1) is 12.7. The fraction of sp³-hybridized carbons (Fsp3) is 0.600. The van der Waals surface area contributed by atoms with E-state index in [9.17, 15) is 9.90 Å². The van der Waals surface area contributed by atoms with Gasteiger partial charge >= 0.3 is 5.97 Å². The molecule has 0 bridgehead atoms. The van der Waals surface area contributed by atoms with Crippen LogP contribution in [0.4, 0.5) is 0 Å². The lowest BCUT2D eigenvalue weighted by Gasteiger charge is -2.19. The summed E-state index contributed by atoms with van der Waals surface area (Å²) in [6.45, 7) is 5.86. The molecule has 2 atom stereocenters. The van der Waals surface area contributed by atoms with Crippen molar-refractivity contribution in [3.8, 4) is 0 Å². The summed E-state index contributed by atoms with van der Waals surface area (Å²) < 4.78 is 1.65. The lowest BCUT2D eigenvalue weighted by atomic mass is 10.1. The number of carboxylic acid groups (broad SMARTS) is 1. The molecule has 1 aromatic rings. The van der Waals surface area contributed by atoms with Crippen LogP contribution in [0.5, 0.6) is 0 Å². The van der Waals surface area contributed by atoms with Crippen molar-refractivity contribution in [2.24, 2.45) is 5.73 Å². The average Bonchev–Trinajstić information content (AvgIpc) is 2.63. The molecule has 0 aliphatic carbocycles. The van der Waals surface area contributed by atoms with Crippen molar-refractivity contribution in [1.82, 2.24) is 9.78 Å². The van der Waals surface area contributed by atoms with Gasteiger partial charge in [0.2, 0.25) is 0 Å². The van der Waals surface area contributed by atoms with E-state index in [1.165, 1.54) is 6.20 Å². The predicted molar refractivity (Wildman–Crippen MR) is 57.8 cm³/mol. The zero-order valence-corrected chi connectivity index (χ0v) is 9.58. The fourth-order valence-electron chi connectivity index (χ4n) is 1.20. The van der Waals surface area contributed by atoms with Crippen LogP contribution in [0.1, 0.15) is 32.4 Å². The number of aliphatic hydroxyl groups excluding tert-OH is 1. The molecule has 4 N–H and O–H groups in total. The first-order chi connectivity index (χ1) is 7.23. The van der Waals surface area contributed by atoms with Crippen molar-refractivity contribution in [1.29, 1.82) is 0 Å². The number of hydrogen-bond donors (Lipinski definition) is 3. The van der Waals surface area contributed by atoms with E-state index in [1.807, 2.05) is 20.8 Å². The number of hydrogen-bond acceptors (Lipinski definition) is 4. The van der Waals surface area contributed by atoms with Gasteiger partial charge in [-0.1, -0.05) is 0 Å². The van der Waals surface area contributed by atoms with E-state index in [4.69, 9.17) is 10.8 Å². The normalized spacial score (nSPS) is 15.8. The SMILES string of the molecule is CC(C)(C)n1cc(C(O)C(N)C(=O)O)cn1. The van der Waals surface area contributed by atoms with Crippen molar-refractivity contribution < 1.29 is 15.0 Å². The minimum Gasteiger partial charge on any atom is -0.480 e. The molecule has 1 heterocycles. The smallest absolute Gasteiger partial charge is 0.323 e. The van der Waals surface area contributed by atoms with E-state index in [1.54, 1.807) is 10.9 Å². The first-order valence-corrected chi connectivity index (χ1v) is 4.95. The minimum atomic E-state index is -1.34. The topological polar surface area (TPSA) is 101 Å². The molecule has 0 saturated heterocycles. The summed E-state index contributed by atoms with van der Waals surface area (Å²) in [4.78, 5) is 10.6. The van der Waals surface area contributed by atoms with Crippen LogP contribution in [0.2, 0.25) is 0 Å². The molecule has 0 aliphatic heterocycles. The highest BCUT2D eigenvalue weighted by atomic mass is 16.4. The molecule has 2 unspecified atom stereocenters. The molecule has 0 radical (unpaired) electrons. The monoisotopic (exact) mass is 227 g/mol. The van der Waals surface area contributed by atoms with Crippen LogP contribution in [-0.2, 0) is 10.3 Å². The van der Waals surface area contributed by atoms with Gasteiger partial charge in [0.05, 0.1) is 11.7 Å². The van der Waals surface area contributed by atoms with Gasteiger partial charge in [0.1, 0.15) is 12.1 Å². The minimum absolute atomic E-state index is 0.217. The summed E-state index contributed by atoms with van der Waals surface area (Å²) in [5, 5.41) is 22.4. The quantitative estimate of drug-likeness (QED) is 0.679. The highest BCUT2D eigenvalue weighted by Crippen LogP contribution is 2.19.